The highest BCUT2D eigenvalue weighted by atomic mass is 16.1. The number of rotatable bonds is 3. The average molecular weight is 201 g/mol. The van der Waals surface area contributed by atoms with E-state index in [-0.39, 0.29) is 5.78 Å². The van der Waals surface area contributed by atoms with Crippen molar-refractivity contribution in [2.24, 2.45) is 0 Å². The molecule has 0 fully saturated rings. The van der Waals surface area contributed by atoms with Crippen molar-refractivity contribution in [2.75, 3.05) is 0 Å². The number of aromatic amines is 1. The number of aromatic nitrogens is 3. The van der Waals surface area contributed by atoms with Crippen molar-refractivity contribution in [3.8, 4) is 0 Å². The Hall–Kier alpha value is -1.97. The highest BCUT2D eigenvalue weighted by Gasteiger charge is 2.09. The molecular formula is C11H11N3O. The van der Waals surface area contributed by atoms with Crippen molar-refractivity contribution in [2.45, 2.75) is 13.3 Å². The van der Waals surface area contributed by atoms with Gasteiger partial charge in [0.05, 0.1) is 6.20 Å². The van der Waals surface area contributed by atoms with Crippen LogP contribution in [-0.2, 0) is 6.42 Å². The molecule has 2 aromatic rings. The lowest BCUT2D eigenvalue weighted by molar-refractivity contribution is 0.0988. The molecule has 0 spiro atoms. The van der Waals surface area contributed by atoms with Crippen LogP contribution in [0.3, 0.4) is 0 Å². The first-order valence-corrected chi connectivity index (χ1v) is 4.70. The largest absolute Gasteiger partial charge is 0.292 e. The van der Waals surface area contributed by atoms with Crippen LogP contribution in [-0.4, -0.2) is 21.2 Å². The number of carbonyl (C=O) groups excluding carboxylic acids is 1. The fourth-order valence-corrected chi connectivity index (χ4v) is 1.32. The van der Waals surface area contributed by atoms with E-state index in [1.807, 2.05) is 31.2 Å². The van der Waals surface area contributed by atoms with E-state index in [4.69, 9.17) is 0 Å². The summed E-state index contributed by atoms with van der Waals surface area (Å²) in [4.78, 5) is 11.6. The van der Waals surface area contributed by atoms with Crippen molar-refractivity contribution in [1.82, 2.24) is 15.4 Å². The quantitative estimate of drug-likeness (QED) is 0.766. The lowest BCUT2D eigenvalue weighted by atomic mass is 10.1. The summed E-state index contributed by atoms with van der Waals surface area (Å²) in [5.74, 6) is -0.0207. The number of carbonyl (C=O) groups is 1. The van der Waals surface area contributed by atoms with Crippen LogP contribution in [0.15, 0.2) is 30.5 Å². The first-order chi connectivity index (χ1) is 7.25. The summed E-state index contributed by atoms with van der Waals surface area (Å²) in [6.45, 7) is 2.02. The average Bonchev–Trinajstić information content (AvgIpc) is 2.74. The van der Waals surface area contributed by atoms with Gasteiger partial charge in [-0.15, -0.1) is 0 Å². The van der Waals surface area contributed by atoms with Gasteiger partial charge in [-0.05, 0) is 12.5 Å². The summed E-state index contributed by atoms with van der Waals surface area (Å²) >= 11 is 0. The molecule has 1 aromatic carbocycles. The minimum Gasteiger partial charge on any atom is -0.292 e. The topological polar surface area (TPSA) is 58.6 Å². The standard InChI is InChI=1S/C11H11N3O/c1-8-2-4-9(5-3-8)6-11(15)10-7-12-14-13-10/h2-5,7H,6H2,1H3,(H,12,13,14). The minimum atomic E-state index is -0.0207. The number of benzene rings is 1. The first kappa shape index (κ1) is 9.58. The zero-order valence-corrected chi connectivity index (χ0v) is 8.40. The maximum Gasteiger partial charge on any atom is 0.189 e. The van der Waals surface area contributed by atoms with E-state index >= 15 is 0 Å². The second-order valence-corrected chi connectivity index (χ2v) is 3.44. The van der Waals surface area contributed by atoms with Crippen LogP contribution in [0.2, 0.25) is 0 Å². The number of ketones is 1. The molecule has 76 valence electrons. The summed E-state index contributed by atoms with van der Waals surface area (Å²) in [5, 5.41) is 9.77. The number of hydrogen-bond donors (Lipinski definition) is 1. The van der Waals surface area contributed by atoms with Gasteiger partial charge in [-0.1, -0.05) is 29.8 Å². The summed E-state index contributed by atoms with van der Waals surface area (Å²) in [5.41, 5.74) is 2.57. The van der Waals surface area contributed by atoms with Crippen LogP contribution < -0.4 is 0 Å². The molecule has 0 amide bonds. The van der Waals surface area contributed by atoms with Crippen LogP contribution >= 0.6 is 0 Å². The van der Waals surface area contributed by atoms with E-state index in [0.717, 1.165) is 5.56 Å². The van der Waals surface area contributed by atoms with Crippen molar-refractivity contribution in [3.05, 3.63) is 47.3 Å². The van der Waals surface area contributed by atoms with Gasteiger partial charge in [-0.2, -0.15) is 15.4 Å². The smallest absolute Gasteiger partial charge is 0.189 e. The molecule has 0 saturated heterocycles. The van der Waals surface area contributed by atoms with E-state index in [2.05, 4.69) is 15.4 Å². The molecule has 1 aromatic heterocycles. The highest BCUT2D eigenvalue weighted by Crippen LogP contribution is 2.06. The van der Waals surface area contributed by atoms with Gasteiger partial charge in [0.25, 0.3) is 0 Å². The number of Topliss-reactive ketones (excluding diaryl/α,β-unsaturated/α-hetero) is 1. The number of nitrogens with one attached hydrogen (secondary N) is 1. The van der Waals surface area contributed by atoms with Gasteiger partial charge in [-0.25, -0.2) is 0 Å². The molecule has 0 saturated carbocycles. The Morgan fingerprint density at radius 3 is 2.67 bits per heavy atom. The van der Waals surface area contributed by atoms with Gasteiger partial charge in [0.15, 0.2) is 5.78 Å². The molecular weight excluding hydrogens is 190 g/mol. The molecule has 0 atom stereocenters. The van der Waals surface area contributed by atoms with Crippen LogP contribution in [0.4, 0.5) is 0 Å². The Balaban J connectivity index is 2.09. The molecule has 1 N–H and O–H groups in total. The molecule has 2 rings (SSSR count). The Bertz CT molecular complexity index is 445. The Morgan fingerprint density at radius 1 is 1.33 bits per heavy atom. The van der Waals surface area contributed by atoms with Crippen molar-refractivity contribution < 1.29 is 4.79 Å². The molecule has 0 aliphatic rings. The number of nitrogens with zero attached hydrogens (tertiary/aromatic N) is 2. The maximum atomic E-state index is 11.6. The van der Waals surface area contributed by atoms with E-state index in [1.165, 1.54) is 11.8 Å². The Kier molecular flexibility index (Phi) is 2.58. The third-order valence-corrected chi connectivity index (χ3v) is 2.19. The number of H-pyrrole nitrogens is 1. The molecule has 0 radical (unpaired) electrons. The third-order valence-electron chi connectivity index (χ3n) is 2.19. The van der Waals surface area contributed by atoms with Gasteiger partial charge < -0.3 is 0 Å². The van der Waals surface area contributed by atoms with Gasteiger partial charge in [0, 0.05) is 6.42 Å². The maximum absolute atomic E-state index is 11.6. The molecule has 0 aliphatic heterocycles. The zero-order valence-electron chi connectivity index (χ0n) is 8.40. The molecule has 0 aliphatic carbocycles. The second kappa shape index (κ2) is 4.04. The van der Waals surface area contributed by atoms with Crippen LogP contribution in [0.5, 0.6) is 0 Å². The molecule has 15 heavy (non-hydrogen) atoms. The van der Waals surface area contributed by atoms with Crippen molar-refractivity contribution >= 4 is 5.78 Å². The summed E-state index contributed by atoms with van der Waals surface area (Å²) < 4.78 is 0. The highest BCUT2D eigenvalue weighted by molar-refractivity contribution is 5.95. The van der Waals surface area contributed by atoms with Crippen molar-refractivity contribution in [1.29, 1.82) is 0 Å². The van der Waals surface area contributed by atoms with Gasteiger partial charge >= 0.3 is 0 Å². The van der Waals surface area contributed by atoms with Gasteiger partial charge in [0.2, 0.25) is 0 Å². The number of hydrogen-bond acceptors (Lipinski definition) is 3. The predicted octanol–water partition coefficient (Wildman–Crippen LogP) is 1.54. The summed E-state index contributed by atoms with van der Waals surface area (Å²) in [6.07, 6.45) is 1.81. The summed E-state index contributed by atoms with van der Waals surface area (Å²) in [6, 6.07) is 7.89. The SMILES string of the molecule is Cc1ccc(CC(=O)c2cn[nH]n2)cc1. The summed E-state index contributed by atoms with van der Waals surface area (Å²) in [7, 11) is 0. The van der Waals surface area contributed by atoms with E-state index < -0.39 is 0 Å². The minimum absolute atomic E-state index is 0.0207. The fourth-order valence-electron chi connectivity index (χ4n) is 1.32. The molecule has 0 unspecified atom stereocenters. The van der Waals surface area contributed by atoms with E-state index in [0.29, 0.717) is 12.1 Å². The normalized spacial score (nSPS) is 10.2. The lowest BCUT2D eigenvalue weighted by Gasteiger charge is -1.98. The third kappa shape index (κ3) is 2.28. The fraction of sp³-hybridized carbons (Fsp3) is 0.182. The monoisotopic (exact) mass is 201 g/mol. The molecule has 4 nitrogen and oxygen atoms in total. The van der Waals surface area contributed by atoms with Crippen LogP contribution in [0.25, 0.3) is 0 Å². The Labute approximate surface area is 87.3 Å². The Morgan fingerprint density at radius 2 is 2.07 bits per heavy atom. The first-order valence-electron chi connectivity index (χ1n) is 4.70. The van der Waals surface area contributed by atoms with Crippen LogP contribution in [0, 0.1) is 6.92 Å². The number of aryl methyl sites for hydroxylation is 1. The van der Waals surface area contributed by atoms with E-state index in [9.17, 15) is 4.79 Å². The van der Waals surface area contributed by atoms with Crippen molar-refractivity contribution in [3.63, 3.8) is 0 Å². The van der Waals surface area contributed by atoms with E-state index in [1.54, 1.807) is 0 Å². The second-order valence-electron chi connectivity index (χ2n) is 3.44. The zero-order chi connectivity index (χ0) is 10.7. The van der Waals surface area contributed by atoms with Gasteiger partial charge in [0.1, 0.15) is 5.69 Å². The molecule has 1 heterocycles. The molecule has 4 heteroatoms. The van der Waals surface area contributed by atoms with Crippen LogP contribution in [0.1, 0.15) is 21.6 Å². The molecule has 0 bridgehead atoms. The lowest BCUT2D eigenvalue weighted by Crippen LogP contribution is -2.03. The predicted molar refractivity (Wildman–Crippen MR) is 55.6 cm³/mol. The van der Waals surface area contributed by atoms with Gasteiger partial charge in [-0.3, -0.25) is 4.79 Å².